The molecule has 2 fully saturated rings. The van der Waals surface area contributed by atoms with E-state index in [-0.39, 0.29) is 6.03 Å². The number of nitrogens with one attached hydrogen (secondary N) is 1. The van der Waals surface area contributed by atoms with Gasteiger partial charge in [-0.25, -0.2) is 4.79 Å². The van der Waals surface area contributed by atoms with Crippen molar-refractivity contribution < 1.29 is 4.79 Å². The van der Waals surface area contributed by atoms with E-state index in [2.05, 4.69) is 5.32 Å². The summed E-state index contributed by atoms with van der Waals surface area (Å²) >= 11 is 0. The molecule has 2 amide bonds. The molecule has 38 valence electrons. The smallest absolute Gasteiger partial charge is 0.315 e. The van der Waals surface area contributed by atoms with Crippen LogP contribution in [0.3, 0.4) is 0 Å². The first-order chi connectivity index (χ1) is 3.30. The summed E-state index contributed by atoms with van der Waals surface area (Å²) in [5.74, 6) is 0. The highest BCUT2D eigenvalue weighted by molar-refractivity contribution is 5.85. The highest BCUT2D eigenvalue weighted by Gasteiger charge is 2.57. The Hall–Kier alpha value is -0.730. The van der Waals surface area contributed by atoms with E-state index in [1.165, 1.54) is 0 Å². The van der Waals surface area contributed by atoms with Gasteiger partial charge in [0, 0.05) is 0 Å². The maximum Gasteiger partial charge on any atom is 0.321 e. The molecule has 0 saturated carbocycles. The lowest BCUT2D eigenvalue weighted by Crippen LogP contribution is -2.44. The zero-order chi connectivity index (χ0) is 5.02. The predicted octanol–water partition coefficient (Wildman–Crippen LogP) is -0.260. The van der Waals surface area contributed by atoms with Gasteiger partial charge in [0.15, 0.2) is 0 Å². The minimum Gasteiger partial charge on any atom is -0.315 e. The Bertz CT molecular complexity index is 130. The van der Waals surface area contributed by atoms with Crippen molar-refractivity contribution in [2.45, 2.75) is 19.1 Å². The Balaban J connectivity index is 2.18. The van der Waals surface area contributed by atoms with Crippen LogP contribution in [0.2, 0.25) is 0 Å². The van der Waals surface area contributed by atoms with Crippen molar-refractivity contribution in [3.8, 4) is 0 Å². The van der Waals surface area contributed by atoms with Gasteiger partial charge >= 0.3 is 6.03 Å². The molecule has 0 aromatic carbocycles. The normalized spacial score (nSPS) is 44.1. The first kappa shape index (κ1) is 3.29. The van der Waals surface area contributed by atoms with Crippen LogP contribution < -0.4 is 5.32 Å². The average Bonchev–Trinajstić information content (AvgIpc) is 2.07. The zero-order valence-electron chi connectivity index (χ0n) is 4.01. The molecule has 0 aliphatic carbocycles. The Morgan fingerprint density at radius 2 is 2.57 bits per heavy atom. The lowest BCUT2D eigenvalue weighted by molar-refractivity contribution is 0.206. The van der Waals surface area contributed by atoms with Crippen LogP contribution in [0.1, 0.15) is 6.92 Å². The third-order valence-electron chi connectivity index (χ3n) is 1.61. The van der Waals surface area contributed by atoms with Gasteiger partial charge in [0.05, 0.1) is 6.04 Å². The van der Waals surface area contributed by atoms with E-state index in [1.807, 2.05) is 6.92 Å². The molecule has 1 N–H and O–H groups in total. The molecule has 0 spiro atoms. The molecule has 7 heavy (non-hydrogen) atoms. The minimum atomic E-state index is 0.0949. The van der Waals surface area contributed by atoms with Crippen molar-refractivity contribution in [1.29, 1.82) is 0 Å². The fourth-order valence-electron chi connectivity index (χ4n) is 0.985. The second-order valence-corrected chi connectivity index (χ2v) is 2.04. The number of amides is 2. The van der Waals surface area contributed by atoms with Gasteiger partial charge in [-0.3, -0.25) is 4.90 Å². The number of carbonyl (C=O) groups excluding carboxylic acids is 1. The largest absolute Gasteiger partial charge is 0.321 e. The van der Waals surface area contributed by atoms with Crippen molar-refractivity contribution in [3.05, 3.63) is 0 Å². The summed E-state index contributed by atoms with van der Waals surface area (Å²) in [7, 11) is 0. The van der Waals surface area contributed by atoms with Gasteiger partial charge < -0.3 is 5.32 Å². The van der Waals surface area contributed by atoms with Gasteiger partial charge in [0.25, 0.3) is 0 Å². The standard InChI is InChI=1S/C4H6N2O/c1-2-3-5-4(7)6(2)3/h2-3H,1H3,(H,5,7). The summed E-state index contributed by atoms with van der Waals surface area (Å²) in [5, 5.41) is 2.72. The first-order valence-electron chi connectivity index (χ1n) is 2.39. The van der Waals surface area contributed by atoms with E-state index >= 15 is 0 Å². The Kier molecular flexibility index (Phi) is 0.300. The predicted molar refractivity (Wildman–Crippen MR) is 23.6 cm³/mol. The Morgan fingerprint density at radius 1 is 1.86 bits per heavy atom. The summed E-state index contributed by atoms with van der Waals surface area (Å²) in [6.45, 7) is 2.03. The molecule has 2 unspecified atom stereocenters. The summed E-state index contributed by atoms with van der Waals surface area (Å²) < 4.78 is 0. The number of hydrogen-bond acceptors (Lipinski definition) is 1. The molecule has 2 saturated heterocycles. The third-order valence-corrected chi connectivity index (χ3v) is 1.61. The van der Waals surface area contributed by atoms with Gasteiger partial charge in [-0.1, -0.05) is 0 Å². The fourth-order valence-corrected chi connectivity index (χ4v) is 0.985. The number of rotatable bonds is 0. The minimum absolute atomic E-state index is 0.0949. The SMILES string of the molecule is CC1C2NC(=O)N12. The van der Waals surface area contributed by atoms with E-state index in [0.29, 0.717) is 12.2 Å². The third kappa shape index (κ3) is 0.189. The van der Waals surface area contributed by atoms with Crippen LogP contribution in [0.15, 0.2) is 0 Å². The molecule has 0 aromatic heterocycles. The van der Waals surface area contributed by atoms with E-state index < -0.39 is 0 Å². The first-order valence-corrected chi connectivity index (χ1v) is 2.39. The zero-order valence-corrected chi connectivity index (χ0v) is 4.01. The molecular weight excluding hydrogens is 92.1 g/mol. The van der Waals surface area contributed by atoms with Crippen LogP contribution in [0.5, 0.6) is 0 Å². The molecule has 2 heterocycles. The van der Waals surface area contributed by atoms with E-state index in [1.54, 1.807) is 4.90 Å². The number of carbonyl (C=O) groups is 1. The fraction of sp³-hybridized carbons (Fsp3) is 0.750. The Morgan fingerprint density at radius 3 is 2.57 bits per heavy atom. The maximum absolute atomic E-state index is 10.3. The average molecular weight is 98.1 g/mol. The quantitative estimate of drug-likeness (QED) is 0.416. The second kappa shape index (κ2) is 0.638. The van der Waals surface area contributed by atoms with Gasteiger partial charge in [0.2, 0.25) is 0 Å². The molecule has 2 rings (SSSR count). The summed E-state index contributed by atoms with van der Waals surface area (Å²) in [4.78, 5) is 12.1. The van der Waals surface area contributed by atoms with Crippen LogP contribution in [0.4, 0.5) is 4.79 Å². The van der Waals surface area contributed by atoms with Crippen LogP contribution >= 0.6 is 0 Å². The van der Waals surface area contributed by atoms with Gasteiger partial charge in [-0.15, -0.1) is 0 Å². The monoisotopic (exact) mass is 98.0 g/mol. The van der Waals surface area contributed by atoms with Gasteiger partial charge in [-0.2, -0.15) is 0 Å². The highest BCUT2D eigenvalue weighted by Crippen LogP contribution is 2.32. The van der Waals surface area contributed by atoms with E-state index in [0.717, 1.165) is 0 Å². The number of nitrogens with zero attached hydrogens (tertiary/aromatic N) is 1. The Labute approximate surface area is 41.3 Å². The lowest BCUT2D eigenvalue weighted by atomic mass is 10.5. The molecule has 0 aromatic rings. The highest BCUT2D eigenvalue weighted by atomic mass is 16.2. The molecule has 2 aliphatic rings. The molecule has 3 heteroatoms. The van der Waals surface area contributed by atoms with Crippen molar-refractivity contribution in [3.63, 3.8) is 0 Å². The van der Waals surface area contributed by atoms with Crippen molar-refractivity contribution in [1.82, 2.24) is 10.2 Å². The van der Waals surface area contributed by atoms with Crippen LogP contribution in [-0.2, 0) is 0 Å². The van der Waals surface area contributed by atoms with Gasteiger partial charge in [-0.05, 0) is 6.92 Å². The van der Waals surface area contributed by atoms with Crippen LogP contribution in [0, 0.1) is 0 Å². The summed E-state index contributed by atoms with van der Waals surface area (Å²) in [5.41, 5.74) is 0. The van der Waals surface area contributed by atoms with Crippen molar-refractivity contribution >= 4 is 6.03 Å². The maximum atomic E-state index is 10.3. The molecule has 0 bridgehead atoms. The second-order valence-electron chi connectivity index (χ2n) is 2.04. The van der Waals surface area contributed by atoms with Crippen molar-refractivity contribution in [2.24, 2.45) is 0 Å². The molecule has 2 aliphatic heterocycles. The molecular formula is C4H6N2O. The summed E-state index contributed by atoms with van der Waals surface area (Å²) in [6.07, 6.45) is 0.410. The van der Waals surface area contributed by atoms with Gasteiger partial charge in [0.1, 0.15) is 6.17 Å². The topological polar surface area (TPSA) is 32.1 Å². The molecule has 2 atom stereocenters. The molecule has 3 nitrogen and oxygen atoms in total. The lowest BCUT2D eigenvalue weighted by Gasteiger charge is -2.12. The number of urea groups is 1. The summed E-state index contributed by atoms with van der Waals surface area (Å²) in [6, 6.07) is 0.574. The van der Waals surface area contributed by atoms with Crippen molar-refractivity contribution in [2.75, 3.05) is 0 Å². The number of fused-ring (bicyclic) bond motifs is 1. The van der Waals surface area contributed by atoms with E-state index in [4.69, 9.17) is 0 Å². The van der Waals surface area contributed by atoms with E-state index in [9.17, 15) is 4.79 Å². The van der Waals surface area contributed by atoms with Crippen LogP contribution in [0.25, 0.3) is 0 Å². The van der Waals surface area contributed by atoms with Crippen LogP contribution in [-0.4, -0.2) is 23.1 Å². The molecule has 0 radical (unpaired) electrons. The number of hydrogen-bond donors (Lipinski definition) is 1.